The number of rotatable bonds is 6. The number of halogens is 1. The van der Waals surface area contributed by atoms with Gasteiger partial charge in [0.2, 0.25) is 11.8 Å². The molecule has 132 valence electrons. The summed E-state index contributed by atoms with van der Waals surface area (Å²) in [6.07, 6.45) is 0. The molecule has 1 N–H and O–H groups in total. The zero-order valence-corrected chi connectivity index (χ0v) is 15.3. The highest BCUT2D eigenvalue weighted by molar-refractivity contribution is 8.00. The molecule has 0 spiro atoms. The highest BCUT2D eigenvalue weighted by Crippen LogP contribution is 2.21. The third kappa shape index (κ3) is 5.32. The summed E-state index contributed by atoms with van der Waals surface area (Å²) in [5, 5.41) is 2.82. The van der Waals surface area contributed by atoms with Gasteiger partial charge in [-0.2, -0.15) is 0 Å². The highest BCUT2D eigenvalue weighted by Gasteiger charge is 2.15. The van der Waals surface area contributed by atoms with E-state index in [-0.39, 0.29) is 29.9 Å². The molecule has 2 aromatic rings. The molecule has 0 bridgehead atoms. The average Bonchev–Trinajstić information content (AvgIpc) is 2.58. The number of likely N-dealkylation sites (N-methyl/N-ethyl adjacent to an activating group) is 1. The van der Waals surface area contributed by atoms with Crippen LogP contribution in [0.3, 0.4) is 0 Å². The molecule has 0 unspecified atom stereocenters. The van der Waals surface area contributed by atoms with Gasteiger partial charge in [-0.05, 0) is 43.2 Å². The van der Waals surface area contributed by atoms with E-state index in [4.69, 9.17) is 0 Å². The standard InChI is InChI=1S/C19H21FN2O2S/c1-13-7-6-9-16(14(13)2)21-18(23)11-22(3)19(24)12-25-17-10-5-4-8-15(17)20/h4-10H,11-12H2,1-3H3,(H,21,23). The van der Waals surface area contributed by atoms with Gasteiger partial charge in [0.15, 0.2) is 0 Å². The Bertz CT molecular complexity index is 780. The van der Waals surface area contributed by atoms with Crippen molar-refractivity contribution in [2.75, 3.05) is 24.7 Å². The first-order valence-corrected chi connectivity index (χ1v) is 8.84. The van der Waals surface area contributed by atoms with Gasteiger partial charge in [0, 0.05) is 17.6 Å². The molecule has 0 aliphatic rings. The lowest BCUT2D eigenvalue weighted by atomic mass is 10.1. The number of hydrogen-bond acceptors (Lipinski definition) is 3. The molecule has 2 aromatic carbocycles. The molecule has 2 amide bonds. The molecule has 6 heteroatoms. The van der Waals surface area contributed by atoms with Crippen molar-refractivity contribution < 1.29 is 14.0 Å². The van der Waals surface area contributed by atoms with Crippen LogP contribution >= 0.6 is 11.8 Å². The van der Waals surface area contributed by atoms with Gasteiger partial charge in [0.1, 0.15) is 5.82 Å². The lowest BCUT2D eigenvalue weighted by Gasteiger charge is -2.17. The van der Waals surface area contributed by atoms with Crippen LogP contribution in [0.5, 0.6) is 0 Å². The van der Waals surface area contributed by atoms with Gasteiger partial charge in [-0.1, -0.05) is 24.3 Å². The van der Waals surface area contributed by atoms with E-state index >= 15 is 0 Å². The second-order valence-corrected chi connectivity index (χ2v) is 6.78. The average molecular weight is 360 g/mol. The number of nitrogens with one attached hydrogen (secondary N) is 1. The Morgan fingerprint density at radius 1 is 1.12 bits per heavy atom. The van der Waals surface area contributed by atoms with E-state index in [1.165, 1.54) is 11.0 Å². The molecule has 0 saturated heterocycles. The van der Waals surface area contributed by atoms with Crippen LogP contribution in [-0.2, 0) is 9.59 Å². The summed E-state index contributed by atoms with van der Waals surface area (Å²) < 4.78 is 13.6. The Balaban J connectivity index is 1.87. The van der Waals surface area contributed by atoms with Crippen molar-refractivity contribution in [2.45, 2.75) is 18.7 Å². The number of hydrogen-bond donors (Lipinski definition) is 1. The van der Waals surface area contributed by atoms with Crippen molar-refractivity contribution in [2.24, 2.45) is 0 Å². The molecule has 0 aromatic heterocycles. The molecule has 4 nitrogen and oxygen atoms in total. The number of anilines is 1. The number of aryl methyl sites for hydroxylation is 1. The SMILES string of the molecule is Cc1cccc(NC(=O)CN(C)C(=O)CSc2ccccc2F)c1C. The normalized spacial score (nSPS) is 10.4. The smallest absolute Gasteiger partial charge is 0.243 e. The van der Waals surface area contributed by atoms with Crippen molar-refractivity contribution in [1.29, 1.82) is 0 Å². The van der Waals surface area contributed by atoms with E-state index in [2.05, 4.69) is 5.32 Å². The maximum Gasteiger partial charge on any atom is 0.243 e. The fraction of sp³-hybridized carbons (Fsp3) is 0.263. The van der Waals surface area contributed by atoms with Crippen molar-refractivity contribution >= 4 is 29.3 Å². The molecule has 0 aliphatic heterocycles. The molecular formula is C19H21FN2O2S. The van der Waals surface area contributed by atoms with Gasteiger partial charge in [-0.3, -0.25) is 9.59 Å². The van der Waals surface area contributed by atoms with E-state index in [0.29, 0.717) is 4.90 Å². The van der Waals surface area contributed by atoms with Crippen LogP contribution in [0, 0.1) is 19.7 Å². The predicted octanol–water partition coefficient (Wildman–Crippen LogP) is 3.63. The van der Waals surface area contributed by atoms with Crippen LogP contribution in [0.1, 0.15) is 11.1 Å². The minimum atomic E-state index is -0.351. The highest BCUT2D eigenvalue weighted by atomic mass is 32.2. The fourth-order valence-corrected chi connectivity index (χ4v) is 3.07. The van der Waals surface area contributed by atoms with Crippen LogP contribution in [0.2, 0.25) is 0 Å². The second kappa shape index (κ2) is 8.67. The quantitative estimate of drug-likeness (QED) is 0.801. The topological polar surface area (TPSA) is 49.4 Å². The number of thioether (sulfide) groups is 1. The van der Waals surface area contributed by atoms with E-state index < -0.39 is 0 Å². The lowest BCUT2D eigenvalue weighted by molar-refractivity contribution is -0.131. The summed E-state index contributed by atoms with van der Waals surface area (Å²) in [6, 6.07) is 12.0. The Hall–Kier alpha value is -2.34. The van der Waals surface area contributed by atoms with Gasteiger partial charge in [-0.15, -0.1) is 11.8 Å². The third-order valence-corrected chi connectivity index (χ3v) is 4.91. The maximum absolute atomic E-state index is 13.6. The van der Waals surface area contributed by atoms with Gasteiger partial charge < -0.3 is 10.2 Å². The second-order valence-electron chi connectivity index (χ2n) is 5.76. The summed E-state index contributed by atoms with van der Waals surface area (Å²) in [7, 11) is 1.56. The third-order valence-electron chi connectivity index (χ3n) is 3.87. The predicted molar refractivity (Wildman–Crippen MR) is 99.3 cm³/mol. The Morgan fingerprint density at radius 3 is 2.56 bits per heavy atom. The zero-order valence-electron chi connectivity index (χ0n) is 14.5. The number of carbonyl (C=O) groups excluding carboxylic acids is 2. The molecule has 0 radical (unpaired) electrons. The maximum atomic E-state index is 13.6. The molecule has 25 heavy (non-hydrogen) atoms. The summed E-state index contributed by atoms with van der Waals surface area (Å²) in [5.41, 5.74) is 2.83. The van der Waals surface area contributed by atoms with Gasteiger partial charge in [-0.25, -0.2) is 4.39 Å². The van der Waals surface area contributed by atoms with Gasteiger partial charge in [0.25, 0.3) is 0 Å². The number of carbonyl (C=O) groups is 2. The largest absolute Gasteiger partial charge is 0.336 e. The van der Waals surface area contributed by atoms with Crippen molar-refractivity contribution in [3.05, 3.63) is 59.4 Å². The fourth-order valence-electron chi connectivity index (χ4n) is 2.19. The van der Waals surface area contributed by atoms with Gasteiger partial charge in [0.05, 0.1) is 12.3 Å². The number of benzene rings is 2. The Morgan fingerprint density at radius 2 is 1.84 bits per heavy atom. The monoisotopic (exact) mass is 360 g/mol. The minimum absolute atomic E-state index is 0.0515. The number of nitrogens with zero attached hydrogens (tertiary/aromatic N) is 1. The summed E-state index contributed by atoms with van der Waals surface area (Å²) in [5.74, 6) is -0.769. The first-order chi connectivity index (χ1) is 11.9. The molecular weight excluding hydrogens is 339 g/mol. The van der Waals surface area contributed by atoms with Crippen LogP contribution < -0.4 is 5.32 Å². The molecule has 2 rings (SSSR count). The van der Waals surface area contributed by atoms with Crippen LogP contribution in [0.4, 0.5) is 10.1 Å². The Labute approximate surface area is 151 Å². The van der Waals surface area contributed by atoms with Crippen molar-refractivity contribution in [3.8, 4) is 0 Å². The van der Waals surface area contributed by atoms with Gasteiger partial charge >= 0.3 is 0 Å². The molecule has 0 aliphatic carbocycles. The summed E-state index contributed by atoms with van der Waals surface area (Å²) >= 11 is 1.12. The molecule has 0 fully saturated rings. The zero-order chi connectivity index (χ0) is 18.4. The van der Waals surface area contributed by atoms with E-state index in [1.54, 1.807) is 25.2 Å². The van der Waals surface area contributed by atoms with Crippen LogP contribution in [-0.4, -0.2) is 36.1 Å². The molecule has 0 saturated carbocycles. The summed E-state index contributed by atoms with van der Waals surface area (Å²) in [6.45, 7) is 3.86. The van der Waals surface area contributed by atoms with E-state index in [9.17, 15) is 14.0 Å². The van der Waals surface area contributed by atoms with Crippen molar-refractivity contribution in [1.82, 2.24) is 4.90 Å². The van der Waals surface area contributed by atoms with Crippen LogP contribution in [0.15, 0.2) is 47.4 Å². The van der Waals surface area contributed by atoms with E-state index in [0.717, 1.165) is 28.6 Å². The molecule has 0 heterocycles. The first-order valence-electron chi connectivity index (χ1n) is 7.86. The van der Waals surface area contributed by atoms with E-state index in [1.807, 2.05) is 32.0 Å². The van der Waals surface area contributed by atoms with Crippen molar-refractivity contribution in [3.63, 3.8) is 0 Å². The minimum Gasteiger partial charge on any atom is -0.336 e. The Kier molecular flexibility index (Phi) is 6.58. The lowest BCUT2D eigenvalue weighted by Crippen LogP contribution is -2.36. The first kappa shape index (κ1) is 19.0. The van der Waals surface area contributed by atoms with Crippen LogP contribution in [0.25, 0.3) is 0 Å². The molecule has 0 atom stereocenters. The number of amides is 2. The summed E-state index contributed by atoms with van der Waals surface area (Å²) in [4.78, 5) is 26.0.